The van der Waals surface area contributed by atoms with Gasteiger partial charge in [-0.05, 0) is 0 Å². The van der Waals surface area contributed by atoms with E-state index in [0.717, 1.165) is 0 Å². The molecule has 0 spiro atoms. The summed E-state index contributed by atoms with van der Waals surface area (Å²) in [7, 11) is 0. The second-order valence-electron chi connectivity index (χ2n) is 2.35. The number of halogens is 1. The first-order valence-electron chi connectivity index (χ1n) is 3.02. The number of carbonyl (C=O) groups excluding carboxylic acids is 1. The first kappa shape index (κ1) is 10.7. The maximum absolute atomic E-state index is 10.9. The Hall–Kier alpha value is 0.740. The second kappa shape index (κ2) is 4.58. The summed E-state index contributed by atoms with van der Waals surface area (Å²) in [5.74, 6) is -0.0643. The molecule has 0 aliphatic rings. The molecule has 0 atom stereocenters. The molecule has 0 amide bonds. The summed E-state index contributed by atoms with van der Waals surface area (Å²) < 4.78 is 5.40. The average molecular weight is 325 g/mol. The van der Waals surface area contributed by atoms with Crippen LogP contribution in [0.25, 0.3) is 0 Å². The van der Waals surface area contributed by atoms with Crippen molar-refractivity contribution in [1.29, 1.82) is 0 Å². The molecule has 0 radical (unpaired) electrons. The van der Waals surface area contributed by atoms with E-state index in [4.69, 9.17) is 4.74 Å². The van der Waals surface area contributed by atoms with E-state index in [1.54, 1.807) is 0 Å². The standard InChI is InChI=1S/C6H13BrO2Te/c1-4-9-6(8)5-10(2,3)7/h4-5H2,1-3H3. The van der Waals surface area contributed by atoms with Gasteiger partial charge in [0.25, 0.3) is 0 Å². The Balaban J connectivity index is 3.58. The third-order valence-corrected chi connectivity index (χ3v) is 4.93. The van der Waals surface area contributed by atoms with Gasteiger partial charge in [0.2, 0.25) is 0 Å². The Morgan fingerprint density at radius 3 is 2.40 bits per heavy atom. The van der Waals surface area contributed by atoms with Crippen molar-refractivity contribution in [3.63, 3.8) is 0 Å². The normalized spacial score (nSPS) is 12.8. The van der Waals surface area contributed by atoms with E-state index in [1.165, 1.54) is 0 Å². The topological polar surface area (TPSA) is 26.3 Å². The van der Waals surface area contributed by atoms with Crippen LogP contribution in [0.1, 0.15) is 6.92 Å². The molecule has 0 bridgehead atoms. The number of hydrogen-bond donors (Lipinski definition) is 0. The first-order valence-corrected chi connectivity index (χ1v) is 14.5. The van der Waals surface area contributed by atoms with Crippen LogP contribution in [-0.2, 0) is 9.53 Å². The molecule has 0 fully saturated rings. The van der Waals surface area contributed by atoms with Crippen LogP contribution in [0.5, 0.6) is 0 Å². The van der Waals surface area contributed by atoms with Crippen molar-refractivity contribution in [3.05, 3.63) is 0 Å². The number of rotatable bonds is 3. The van der Waals surface area contributed by atoms with Gasteiger partial charge >= 0.3 is 72.2 Å². The number of esters is 1. The molecule has 10 heavy (non-hydrogen) atoms. The third-order valence-electron chi connectivity index (χ3n) is 0.766. The van der Waals surface area contributed by atoms with Crippen LogP contribution in [0, 0.1) is 0 Å². The minimum absolute atomic E-state index is 0.0643. The van der Waals surface area contributed by atoms with Gasteiger partial charge in [0.05, 0.1) is 0 Å². The fourth-order valence-electron chi connectivity index (χ4n) is 0.483. The van der Waals surface area contributed by atoms with E-state index in [9.17, 15) is 4.79 Å². The molecular weight excluding hydrogens is 312 g/mol. The van der Waals surface area contributed by atoms with Gasteiger partial charge in [-0.3, -0.25) is 0 Å². The molecule has 0 aromatic carbocycles. The molecule has 0 aromatic rings. The van der Waals surface area contributed by atoms with Gasteiger partial charge in [-0.1, -0.05) is 0 Å². The molecule has 2 nitrogen and oxygen atoms in total. The van der Waals surface area contributed by atoms with E-state index in [-0.39, 0.29) is 5.97 Å². The van der Waals surface area contributed by atoms with Crippen LogP contribution in [0.15, 0.2) is 0 Å². The molecule has 0 saturated heterocycles. The molecular formula is C6H13BrO2Te. The molecule has 4 heteroatoms. The molecule has 0 aromatic heterocycles. The van der Waals surface area contributed by atoms with Gasteiger partial charge in [-0.2, -0.15) is 0 Å². The van der Waals surface area contributed by atoms with Crippen LogP contribution < -0.4 is 0 Å². The van der Waals surface area contributed by atoms with Crippen molar-refractivity contribution in [2.45, 2.75) is 21.3 Å². The molecule has 0 aliphatic heterocycles. The summed E-state index contributed by atoms with van der Waals surface area (Å²) in [5.41, 5.74) is 0. The summed E-state index contributed by atoms with van der Waals surface area (Å²) in [5, 5.41) is 0. The second-order valence-corrected chi connectivity index (χ2v) is 22.9. The maximum atomic E-state index is 10.9. The molecule has 62 valence electrons. The number of ether oxygens (including phenoxy) is 1. The van der Waals surface area contributed by atoms with E-state index < -0.39 is 16.0 Å². The van der Waals surface area contributed by atoms with Crippen LogP contribution in [0.2, 0.25) is 14.4 Å². The molecule has 0 unspecified atom stereocenters. The summed E-state index contributed by atoms with van der Waals surface area (Å²) in [6, 6.07) is 0. The zero-order chi connectivity index (χ0) is 8.20. The number of carbonyl (C=O) groups is 1. The fraction of sp³-hybridized carbons (Fsp3) is 0.833. The van der Waals surface area contributed by atoms with Gasteiger partial charge in [-0.25, -0.2) is 0 Å². The minimum atomic E-state index is -1.89. The van der Waals surface area contributed by atoms with Crippen LogP contribution in [0.3, 0.4) is 0 Å². The van der Waals surface area contributed by atoms with Gasteiger partial charge < -0.3 is 0 Å². The van der Waals surface area contributed by atoms with E-state index >= 15 is 0 Å². The van der Waals surface area contributed by atoms with Crippen LogP contribution in [-0.4, -0.2) is 28.5 Å². The molecule has 0 rings (SSSR count). The van der Waals surface area contributed by atoms with Gasteiger partial charge in [0.1, 0.15) is 0 Å². The molecule has 0 N–H and O–H groups in total. The van der Waals surface area contributed by atoms with Crippen molar-refractivity contribution >= 4 is 34.7 Å². The quantitative estimate of drug-likeness (QED) is 0.587. The zero-order valence-corrected chi connectivity index (χ0v) is 10.4. The Morgan fingerprint density at radius 1 is 1.60 bits per heavy atom. The monoisotopic (exact) mass is 326 g/mol. The molecule has 0 aliphatic carbocycles. The summed E-state index contributed by atoms with van der Waals surface area (Å²) in [4.78, 5) is 15.1. The zero-order valence-electron chi connectivity index (χ0n) is 6.52. The van der Waals surface area contributed by atoms with Gasteiger partial charge in [0, 0.05) is 0 Å². The Bertz CT molecular complexity index is 119. The Morgan fingerprint density at radius 2 is 2.10 bits per heavy atom. The van der Waals surface area contributed by atoms with Crippen molar-refractivity contribution < 1.29 is 9.53 Å². The summed E-state index contributed by atoms with van der Waals surface area (Å²) >= 11 is 1.65. The van der Waals surface area contributed by atoms with Gasteiger partial charge in [-0.15, -0.1) is 0 Å². The SMILES string of the molecule is CCOC(=O)C[Te](C)(C)Br. The summed E-state index contributed by atoms with van der Waals surface area (Å²) in [6.07, 6.45) is 0. The fourth-order valence-corrected chi connectivity index (χ4v) is 3.57. The third kappa shape index (κ3) is 6.85. The molecule has 0 heterocycles. The van der Waals surface area contributed by atoms with E-state index in [2.05, 4.69) is 22.7 Å². The van der Waals surface area contributed by atoms with Crippen molar-refractivity contribution in [3.8, 4) is 0 Å². The van der Waals surface area contributed by atoms with Crippen molar-refractivity contribution in [2.75, 3.05) is 6.61 Å². The van der Waals surface area contributed by atoms with E-state index in [1.807, 2.05) is 6.92 Å². The number of hydrogen-bond acceptors (Lipinski definition) is 2. The average Bonchev–Trinajstić information content (AvgIpc) is 1.59. The predicted octanol–water partition coefficient (Wildman–Crippen LogP) is 2.15. The molecule has 0 saturated carbocycles. The van der Waals surface area contributed by atoms with Crippen LogP contribution >= 0.6 is 12.8 Å². The summed E-state index contributed by atoms with van der Waals surface area (Å²) in [6.45, 7) is 2.32. The Labute approximate surface area is 71.9 Å². The van der Waals surface area contributed by atoms with Gasteiger partial charge in [0.15, 0.2) is 0 Å². The Kier molecular flexibility index (Phi) is 4.92. The van der Waals surface area contributed by atoms with Crippen LogP contribution in [0.4, 0.5) is 0 Å². The predicted molar refractivity (Wildman–Crippen MR) is 47.8 cm³/mol. The van der Waals surface area contributed by atoms with Crippen molar-refractivity contribution in [2.24, 2.45) is 0 Å². The first-order chi connectivity index (χ1) is 4.45. The van der Waals surface area contributed by atoms with Crippen molar-refractivity contribution in [1.82, 2.24) is 0 Å². The van der Waals surface area contributed by atoms with E-state index in [0.29, 0.717) is 11.1 Å².